The molecular weight excluding hydrogens is 412 g/mol. The van der Waals surface area contributed by atoms with Crippen molar-refractivity contribution in [1.29, 1.82) is 0 Å². The number of hydroxylamine groups is 2. The summed E-state index contributed by atoms with van der Waals surface area (Å²) in [5.41, 5.74) is 1.17. The van der Waals surface area contributed by atoms with Gasteiger partial charge in [-0.2, -0.15) is 9.86 Å². The minimum atomic E-state index is -0.547. The summed E-state index contributed by atoms with van der Waals surface area (Å²) in [6.07, 6.45) is 1.26. The maximum atomic E-state index is 13.0. The lowest BCUT2D eigenvalue weighted by atomic mass is 9.98. The van der Waals surface area contributed by atoms with E-state index in [1.807, 2.05) is 57.2 Å². The second-order valence-corrected chi connectivity index (χ2v) is 9.44. The van der Waals surface area contributed by atoms with Gasteiger partial charge >= 0.3 is 12.1 Å². The van der Waals surface area contributed by atoms with Crippen molar-refractivity contribution in [3.8, 4) is 0 Å². The smallest absolute Gasteiger partial charge is 0.414 e. The number of ether oxygens (including phenoxy) is 1. The average molecular weight is 444 g/mol. The molecule has 0 spiro atoms. The van der Waals surface area contributed by atoms with Crippen LogP contribution < -0.4 is 4.90 Å². The molecule has 1 N–H and O–H groups in total. The van der Waals surface area contributed by atoms with E-state index in [0.717, 1.165) is 18.4 Å². The largest absolute Gasteiger partial charge is 0.515 e. The SMILES string of the molecule is C[NH+](Cc1cc([C@@H]2CC[C@@H]3CN2C(=O)N3OCc2ccccc2)no1)C(=O)OC(C)(C)C. The lowest BCUT2D eigenvalue weighted by molar-refractivity contribution is -0.818. The molecule has 0 saturated carbocycles. The predicted octanol–water partition coefficient (Wildman–Crippen LogP) is 2.70. The molecule has 9 heteroatoms. The van der Waals surface area contributed by atoms with Crippen LogP contribution in [-0.2, 0) is 22.7 Å². The summed E-state index contributed by atoms with van der Waals surface area (Å²) in [6, 6.07) is 11.4. The molecule has 2 aromatic rings. The van der Waals surface area contributed by atoms with Crippen LogP contribution in [0.25, 0.3) is 0 Å². The number of alkyl carbamates (subject to hydrolysis) is 2. The lowest BCUT2D eigenvalue weighted by Gasteiger charge is -2.28. The van der Waals surface area contributed by atoms with E-state index in [-0.39, 0.29) is 24.2 Å². The van der Waals surface area contributed by atoms with E-state index in [9.17, 15) is 9.59 Å². The maximum Gasteiger partial charge on any atom is 0.515 e. The molecule has 1 unspecified atom stereocenters. The zero-order valence-corrected chi connectivity index (χ0v) is 19.0. The van der Waals surface area contributed by atoms with Crippen molar-refractivity contribution < 1.29 is 28.6 Å². The number of benzene rings is 1. The molecule has 1 aromatic heterocycles. The van der Waals surface area contributed by atoms with Crippen LogP contribution in [0.15, 0.2) is 40.9 Å². The van der Waals surface area contributed by atoms with Gasteiger partial charge in [0.1, 0.15) is 24.4 Å². The number of aromatic nitrogens is 1. The Balaban J connectivity index is 1.37. The number of amides is 3. The summed E-state index contributed by atoms with van der Waals surface area (Å²) in [4.78, 5) is 33.4. The van der Waals surface area contributed by atoms with Gasteiger partial charge in [0.25, 0.3) is 0 Å². The Labute approximate surface area is 187 Å². The highest BCUT2D eigenvalue weighted by Crippen LogP contribution is 2.38. The number of hydrogen-bond acceptors (Lipinski definition) is 6. The van der Waals surface area contributed by atoms with Crippen LogP contribution in [0.4, 0.5) is 9.59 Å². The Morgan fingerprint density at radius 2 is 2.00 bits per heavy atom. The summed E-state index contributed by atoms with van der Waals surface area (Å²) in [7, 11) is 1.73. The monoisotopic (exact) mass is 443 g/mol. The van der Waals surface area contributed by atoms with Gasteiger partial charge in [0, 0.05) is 12.6 Å². The highest BCUT2D eigenvalue weighted by Gasteiger charge is 2.47. The molecule has 9 nitrogen and oxygen atoms in total. The number of rotatable bonds is 6. The molecule has 4 rings (SSSR count). The Morgan fingerprint density at radius 1 is 1.25 bits per heavy atom. The summed E-state index contributed by atoms with van der Waals surface area (Å²) in [5.74, 6) is 0.578. The predicted molar refractivity (Wildman–Crippen MR) is 114 cm³/mol. The van der Waals surface area contributed by atoms with Gasteiger partial charge in [-0.15, -0.1) is 0 Å². The van der Waals surface area contributed by atoms with E-state index in [4.69, 9.17) is 14.1 Å². The van der Waals surface area contributed by atoms with Crippen molar-refractivity contribution in [3.63, 3.8) is 0 Å². The first-order chi connectivity index (χ1) is 15.2. The molecular formula is C23H31N4O5+. The molecule has 2 fully saturated rings. The average Bonchev–Trinajstić information content (AvgIpc) is 3.30. The molecule has 2 aliphatic rings. The first-order valence-corrected chi connectivity index (χ1v) is 11.0. The van der Waals surface area contributed by atoms with Gasteiger partial charge in [0.05, 0.1) is 19.1 Å². The van der Waals surface area contributed by atoms with Crippen molar-refractivity contribution >= 4 is 12.1 Å². The van der Waals surface area contributed by atoms with Gasteiger partial charge in [0.15, 0.2) is 5.76 Å². The molecule has 2 bridgehead atoms. The van der Waals surface area contributed by atoms with Crippen molar-refractivity contribution in [2.24, 2.45) is 0 Å². The third-order valence-corrected chi connectivity index (χ3v) is 5.64. The quantitative estimate of drug-likeness (QED) is 0.738. The Hall–Kier alpha value is -2.91. The third kappa shape index (κ3) is 4.94. The number of piperidine rings is 1. The maximum absolute atomic E-state index is 13.0. The fourth-order valence-corrected chi connectivity index (χ4v) is 4.09. The van der Waals surface area contributed by atoms with Crippen LogP contribution >= 0.6 is 0 Å². The standard InChI is InChI=1S/C23H30N4O5/c1-23(2,3)31-22(29)25(4)14-18-12-19(24-32-18)20-11-10-17-13-26(20)21(28)27(17)30-15-16-8-6-5-7-9-16/h5-9,12,17,20H,10-11,13-15H2,1-4H3/p+1/t17-,20+/m1/s1. The number of carbonyl (C=O) groups excluding carboxylic acids is 2. The number of urea groups is 1. The van der Waals surface area contributed by atoms with Crippen LogP contribution in [0.2, 0.25) is 0 Å². The molecule has 0 aliphatic carbocycles. The van der Waals surface area contributed by atoms with Crippen LogP contribution in [0.1, 0.15) is 56.7 Å². The van der Waals surface area contributed by atoms with Gasteiger partial charge in [-0.3, -0.25) is 4.84 Å². The Kier molecular flexibility index (Phi) is 6.21. The molecule has 3 heterocycles. The minimum absolute atomic E-state index is 0.0385. The van der Waals surface area contributed by atoms with Gasteiger partial charge in [-0.1, -0.05) is 35.5 Å². The highest BCUT2D eigenvalue weighted by molar-refractivity contribution is 5.77. The van der Waals surface area contributed by atoms with Crippen LogP contribution in [0.5, 0.6) is 0 Å². The summed E-state index contributed by atoms with van der Waals surface area (Å²) in [6.45, 7) is 6.78. The van der Waals surface area contributed by atoms with Crippen molar-refractivity contribution in [3.05, 3.63) is 53.4 Å². The van der Waals surface area contributed by atoms with Crippen LogP contribution in [0.3, 0.4) is 0 Å². The van der Waals surface area contributed by atoms with Crippen molar-refractivity contribution in [2.45, 2.75) is 64.4 Å². The number of nitrogens with zero attached hydrogens (tertiary/aromatic N) is 3. The molecule has 172 valence electrons. The van der Waals surface area contributed by atoms with Crippen molar-refractivity contribution in [1.82, 2.24) is 15.1 Å². The van der Waals surface area contributed by atoms with E-state index in [1.165, 1.54) is 5.06 Å². The Morgan fingerprint density at radius 3 is 2.72 bits per heavy atom. The normalized spacial score (nSPS) is 21.7. The van der Waals surface area contributed by atoms with Gasteiger partial charge < -0.3 is 14.2 Å². The first kappa shape index (κ1) is 22.3. The summed E-state index contributed by atoms with van der Waals surface area (Å²) < 4.78 is 10.9. The van der Waals surface area contributed by atoms with E-state index >= 15 is 0 Å². The number of fused-ring (bicyclic) bond motifs is 2. The van der Waals surface area contributed by atoms with E-state index in [0.29, 0.717) is 36.1 Å². The lowest BCUT2D eigenvalue weighted by Crippen LogP contribution is -3.10. The fraction of sp³-hybridized carbons (Fsp3) is 0.522. The van der Waals surface area contributed by atoms with Gasteiger partial charge in [-0.05, 0) is 39.2 Å². The van der Waals surface area contributed by atoms with Crippen LogP contribution in [0, 0.1) is 0 Å². The molecule has 3 amide bonds. The summed E-state index contributed by atoms with van der Waals surface area (Å²) in [5, 5.41) is 5.71. The zero-order valence-electron chi connectivity index (χ0n) is 19.0. The van der Waals surface area contributed by atoms with E-state index in [2.05, 4.69) is 5.16 Å². The molecule has 0 radical (unpaired) electrons. The zero-order chi connectivity index (χ0) is 22.9. The molecule has 1 aromatic carbocycles. The summed E-state index contributed by atoms with van der Waals surface area (Å²) >= 11 is 0. The Bertz CT molecular complexity index is 955. The number of nitrogens with one attached hydrogen (secondary N) is 1. The fourth-order valence-electron chi connectivity index (χ4n) is 4.09. The molecule has 32 heavy (non-hydrogen) atoms. The molecule has 2 aliphatic heterocycles. The second-order valence-electron chi connectivity index (χ2n) is 9.44. The highest BCUT2D eigenvalue weighted by atomic mass is 16.7. The number of quaternary nitrogens is 1. The van der Waals surface area contributed by atoms with E-state index < -0.39 is 5.60 Å². The molecule has 3 atom stereocenters. The van der Waals surface area contributed by atoms with E-state index in [1.54, 1.807) is 11.9 Å². The minimum Gasteiger partial charge on any atom is -0.414 e. The topological polar surface area (TPSA) is 89.5 Å². The first-order valence-electron chi connectivity index (χ1n) is 11.0. The second kappa shape index (κ2) is 8.91. The van der Waals surface area contributed by atoms with Gasteiger partial charge in [-0.25, -0.2) is 9.69 Å². The van der Waals surface area contributed by atoms with Crippen LogP contribution in [-0.4, -0.2) is 52.5 Å². The third-order valence-electron chi connectivity index (χ3n) is 5.64. The van der Waals surface area contributed by atoms with Crippen molar-refractivity contribution in [2.75, 3.05) is 13.6 Å². The van der Waals surface area contributed by atoms with Gasteiger partial charge in [0.2, 0.25) is 0 Å². The molecule has 2 saturated heterocycles. The number of hydrogen-bond donors (Lipinski definition) is 1. The number of carbonyl (C=O) groups is 2.